The van der Waals surface area contributed by atoms with Gasteiger partial charge in [-0.3, -0.25) is 14.6 Å². The highest BCUT2D eigenvalue weighted by Gasteiger charge is 2.28. The van der Waals surface area contributed by atoms with E-state index in [4.69, 9.17) is 5.11 Å². The predicted molar refractivity (Wildman–Crippen MR) is 101 cm³/mol. The van der Waals surface area contributed by atoms with E-state index in [-0.39, 0.29) is 24.6 Å². The fraction of sp³-hybridized carbons (Fsp3) is 0.667. The van der Waals surface area contributed by atoms with Crippen molar-refractivity contribution in [2.45, 2.75) is 26.2 Å². The molecule has 144 valence electrons. The van der Waals surface area contributed by atoms with Crippen LogP contribution in [0.25, 0.3) is 0 Å². The highest BCUT2D eigenvalue weighted by Crippen LogP contribution is 2.39. The molecule has 1 atom stereocenters. The SMILES string of the molecule is CC1CCc2c(sc(NC(=O)CN3CCN(CCO)CC3)c2C(=O)O)C1. The van der Waals surface area contributed by atoms with Crippen molar-refractivity contribution in [1.29, 1.82) is 0 Å². The van der Waals surface area contributed by atoms with Crippen LogP contribution in [0.1, 0.15) is 34.1 Å². The number of fused-ring (bicyclic) bond motifs is 1. The molecular formula is C18H27N3O4S. The van der Waals surface area contributed by atoms with E-state index in [0.29, 0.717) is 17.5 Å². The van der Waals surface area contributed by atoms with Gasteiger partial charge in [0, 0.05) is 37.6 Å². The number of carboxylic acids is 1. The van der Waals surface area contributed by atoms with Gasteiger partial charge in [-0.15, -0.1) is 11.3 Å². The van der Waals surface area contributed by atoms with Crippen molar-refractivity contribution in [3.05, 3.63) is 16.0 Å². The number of aromatic carboxylic acids is 1. The van der Waals surface area contributed by atoms with Crippen LogP contribution in [0.4, 0.5) is 5.00 Å². The average molecular weight is 381 g/mol. The van der Waals surface area contributed by atoms with E-state index in [0.717, 1.165) is 55.9 Å². The number of carbonyl (C=O) groups is 2. The summed E-state index contributed by atoms with van der Waals surface area (Å²) in [6, 6.07) is 0. The van der Waals surface area contributed by atoms with Crippen molar-refractivity contribution in [2.24, 2.45) is 5.92 Å². The molecule has 8 heteroatoms. The molecule has 1 aliphatic carbocycles. The second-order valence-electron chi connectivity index (χ2n) is 7.25. The fourth-order valence-corrected chi connectivity index (χ4v) is 5.17. The number of β-amino-alcohol motifs (C(OH)–C–C–N with tert-alkyl or cyclic N) is 1. The fourth-order valence-electron chi connectivity index (χ4n) is 3.75. The first-order chi connectivity index (χ1) is 12.5. The number of aliphatic hydroxyl groups is 1. The second kappa shape index (κ2) is 8.47. The van der Waals surface area contributed by atoms with Crippen molar-refractivity contribution >= 4 is 28.2 Å². The maximum atomic E-state index is 12.4. The van der Waals surface area contributed by atoms with Gasteiger partial charge >= 0.3 is 5.97 Å². The minimum Gasteiger partial charge on any atom is -0.478 e. The minimum atomic E-state index is -0.954. The van der Waals surface area contributed by atoms with Crippen LogP contribution >= 0.6 is 11.3 Å². The number of anilines is 1. The topological polar surface area (TPSA) is 93.1 Å². The summed E-state index contributed by atoms with van der Waals surface area (Å²) in [6.07, 6.45) is 2.66. The summed E-state index contributed by atoms with van der Waals surface area (Å²) in [5, 5.41) is 21.9. The molecule has 3 rings (SSSR count). The quantitative estimate of drug-likeness (QED) is 0.684. The number of rotatable bonds is 6. The molecular weight excluding hydrogens is 354 g/mol. The smallest absolute Gasteiger partial charge is 0.339 e. The summed E-state index contributed by atoms with van der Waals surface area (Å²) >= 11 is 1.42. The van der Waals surface area contributed by atoms with Crippen molar-refractivity contribution < 1.29 is 19.8 Å². The summed E-state index contributed by atoms with van der Waals surface area (Å²) in [5.41, 5.74) is 1.20. The van der Waals surface area contributed by atoms with E-state index >= 15 is 0 Å². The molecule has 1 unspecified atom stereocenters. The lowest BCUT2D eigenvalue weighted by Gasteiger charge is -2.33. The zero-order chi connectivity index (χ0) is 18.7. The van der Waals surface area contributed by atoms with Gasteiger partial charge < -0.3 is 15.5 Å². The molecule has 1 amide bonds. The van der Waals surface area contributed by atoms with Crippen LogP contribution in [0, 0.1) is 5.92 Å². The van der Waals surface area contributed by atoms with Crippen molar-refractivity contribution in [1.82, 2.24) is 9.80 Å². The number of hydrogen-bond acceptors (Lipinski definition) is 6. The number of amides is 1. The number of carboxylic acid groups (broad SMARTS) is 1. The minimum absolute atomic E-state index is 0.153. The number of hydrogen-bond donors (Lipinski definition) is 3. The molecule has 2 aliphatic rings. The lowest BCUT2D eigenvalue weighted by Crippen LogP contribution is -2.49. The third kappa shape index (κ3) is 4.43. The summed E-state index contributed by atoms with van der Waals surface area (Å²) < 4.78 is 0. The van der Waals surface area contributed by atoms with Crippen molar-refractivity contribution in [2.75, 3.05) is 51.2 Å². The Morgan fingerprint density at radius 3 is 2.58 bits per heavy atom. The molecule has 0 bridgehead atoms. The van der Waals surface area contributed by atoms with Crippen LogP contribution in [-0.2, 0) is 17.6 Å². The van der Waals surface area contributed by atoms with E-state index in [2.05, 4.69) is 22.0 Å². The summed E-state index contributed by atoms with van der Waals surface area (Å²) in [6.45, 7) is 6.48. The Hall–Kier alpha value is -1.48. The molecule has 0 aromatic carbocycles. The molecule has 3 N–H and O–H groups in total. The van der Waals surface area contributed by atoms with Crippen LogP contribution in [0.2, 0.25) is 0 Å². The highest BCUT2D eigenvalue weighted by atomic mass is 32.1. The third-order valence-electron chi connectivity index (χ3n) is 5.23. The zero-order valence-corrected chi connectivity index (χ0v) is 16.0. The van der Waals surface area contributed by atoms with Gasteiger partial charge in [-0.1, -0.05) is 6.92 Å². The van der Waals surface area contributed by atoms with Gasteiger partial charge in [-0.05, 0) is 30.7 Å². The predicted octanol–water partition coefficient (Wildman–Crippen LogP) is 1.12. The summed E-state index contributed by atoms with van der Waals surface area (Å²) in [4.78, 5) is 29.5. The lowest BCUT2D eigenvalue weighted by atomic mass is 9.88. The normalized spacial score (nSPS) is 21.4. The Labute approximate surface area is 157 Å². The Balaban J connectivity index is 1.62. The maximum Gasteiger partial charge on any atom is 0.339 e. The van der Waals surface area contributed by atoms with E-state index in [1.165, 1.54) is 11.3 Å². The highest BCUT2D eigenvalue weighted by molar-refractivity contribution is 7.17. The molecule has 0 saturated carbocycles. The average Bonchev–Trinajstić information content (AvgIpc) is 2.93. The second-order valence-corrected chi connectivity index (χ2v) is 8.36. The van der Waals surface area contributed by atoms with E-state index < -0.39 is 5.97 Å². The largest absolute Gasteiger partial charge is 0.478 e. The first-order valence-electron chi connectivity index (χ1n) is 9.21. The van der Waals surface area contributed by atoms with Crippen LogP contribution in [0.3, 0.4) is 0 Å². The third-order valence-corrected chi connectivity index (χ3v) is 6.40. The first kappa shape index (κ1) is 19.3. The molecule has 2 heterocycles. The number of nitrogens with zero attached hydrogens (tertiary/aromatic N) is 2. The Bertz CT molecular complexity index is 668. The van der Waals surface area contributed by atoms with Gasteiger partial charge in [-0.2, -0.15) is 0 Å². The zero-order valence-electron chi connectivity index (χ0n) is 15.2. The molecule has 1 aromatic heterocycles. The van der Waals surface area contributed by atoms with Gasteiger partial charge in [0.15, 0.2) is 0 Å². The van der Waals surface area contributed by atoms with E-state index in [1.54, 1.807) is 0 Å². The molecule has 1 saturated heterocycles. The first-order valence-corrected chi connectivity index (χ1v) is 10.0. The van der Waals surface area contributed by atoms with Crippen LogP contribution in [0.15, 0.2) is 0 Å². The number of nitrogens with one attached hydrogen (secondary N) is 1. The van der Waals surface area contributed by atoms with Crippen LogP contribution in [0.5, 0.6) is 0 Å². The monoisotopic (exact) mass is 381 g/mol. The van der Waals surface area contributed by atoms with Crippen LogP contribution in [-0.4, -0.2) is 77.8 Å². The van der Waals surface area contributed by atoms with Gasteiger partial charge in [0.2, 0.25) is 5.91 Å². The molecule has 0 spiro atoms. The van der Waals surface area contributed by atoms with Crippen molar-refractivity contribution in [3.63, 3.8) is 0 Å². The number of aliphatic hydroxyl groups excluding tert-OH is 1. The number of carbonyl (C=O) groups excluding carboxylic acids is 1. The van der Waals surface area contributed by atoms with Gasteiger partial charge in [0.05, 0.1) is 18.7 Å². The Kier molecular flexibility index (Phi) is 6.29. The molecule has 1 aromatic rings. The van der Waals surface area contributed by atoms with Gasteiger partial charge in [0.25, 0.3) is 0 Å². The molecule has 7 nitrogen and oxygen atoms in total. The lowest BCUT2D eigenvalue weighted by molar-refractivity contribution is -0.117. The van der Waals surface area contributed by atoms with Crippen molar-refractivity contribution in [3.8, 4) is 0 Å². The van der Waals surface area contributed by atoms with Gasteiger partial charge in [-0.25, -0.2) is 4.79 Å². The number of thiophene rings is 1. The summed E-state index contributed by atoms with van der Waals surface area (Å²) in [5.74, 6) is -0.554. The Morgan fingerprint density at radius 1 is 1.23 bits per heavy atom. The molecule has 1 aliphatic heterocycles. The number of piperazine rings is 1. The molecule has 1 fully saturated rings. The van der Waals surface area contributed by atoms with E-state index in [9.17, 15) is 14.7 Å². The van der Waals surface area contributed by atoms with Gasteiger partial charge in [0.1, 0.15) is 5.00 Å². The molecule has 0 radical (unpaired) electrons. The van der Waals surface area contributed by atoms with Crippen LogP contribution < -0.4 is 5.32 Å². The van der Waals surface area contributed by atoms with E-state index in [1.807, 2.05) is 0 Å². The summed E-state index contributed by atoms with van der Waals surface area (Å²) in [7, 11) is 0. The standard InChI is InChI=1S/C18H27N3O4S/c1-12-2-3-13-14(10-12)26-17(16(13)18(24)25)19-15(23)11-21-6-4-20(5-7-21)8-9-22/h12,22H,2-11H2,1H3,(H,19,23)(H,24,25). The molecule has 26 heavy (non-hydrogen) atoms. The Morgan fingerprint density at radius 2 is 1.92 bits per heavy atom. The maximum absolute atomic E-state index is 12.4.